The van der Waals surface area contributed by atoms with Gasteiger partial charge in [-0.1, -0.05) is 12.1 Å². The molecule has 1 unspecified atom stereocenters. The van der Waals surface area contributed by atoms with Gasteiger partial charge in [-0.15, -0.1) is 10.2 Å². The highest BCUT2D eigenvalue weighted by molar-refractivity contribution is 5.93. The molecule has 1 atom stereocenters. The lowest BCUT2D eigenvalue weighted by Gasteiger charge is -2.07. The molecule has 84 valence electrons. The third-order valence-corrected chi connectivity index (χ3v) is 2.15. The fourth-order valence-corrected chi connectivity index (χ4v) is 1.21. The molecule has 0 fully saturated rings. The molecule has 2 aromatic rings. The van der Waals surface area contributed by atoms with Crippen molar-refractivity contribution in [3.8, 4) is 0 Å². The summed E-state index contributed by atoms with van der Waals surface area (Å²) in [4.78, 5) is 11.5. The average Bonchev–Trinajstić information content (AvgIpc) is 2.95. The van der Waals surface area contributed by atoms with Crippen molar-refractivity contribution in [3.05, 3.63) is 30.0 Å². The SMILES string of the molecule is CC(CNC(=O)c1ccoc1)c1nn[nH]n1. The topological polar surface area (TPSA) is 96.7 Å². The number of carbonyl (C=O) groups is 1. The van der Waals surface area contributed by atoms with Crippen molar-refractivity contribution < 1.29 is 9.21 Å². The summed E-state index contributed by atoms with van der Waals surface area (Å²) in [6.45, 7) is 2.35. The largest absolute Gasteiger partial charge is 0.472 e. The maximum absolute atomic E-state index is 11.5. The standard InChI is InChI=1S/C9H11N5O2/c1-6(8-11-13-14-12-8)4-10-9(15)7-2-3-16-5-7/h2-3,5-6H,4H2,1H3,(H,10,15)(H,11,12,13,14). The number of H-pyrrole nitrogens is 1. The first-order valence-corrected chi connectivity index (χ1v) is 4.81. The molecular weight excluding hydrogens is 210 g/mol. The summed E-state index contributed by atoms with van der Waals surface area (Å²) in [5, 5.41) is 16.3. The Morgan fingerprint density at radius 3 is 3.19 bits per heavy atom. The molecule has 0 bridgehead atoms. The number of aromatic nitrogens is 4. The zero-order chi connectivity index (χ0) is 11.4. The number of tetrazole rings is 1. The maximum Gasteiger partial charge on any atom is 0.254 e. The van der Waals surface area contributed by atoms with Crippen LogP contribution in [-0.4, -0.2) is 33.1 Å². The van der Waals surface area contributed by atoms with Crippen LogP contribution in [-0.2, 0) is 0 Å². The molecule has 2 rings (SSSR count). The minimum absolute atomic E-state index is 0.00889. The number of carbonyl (C=O) groups excluding carboxylic acids is 1. The Morgan fingerprint density at radius 1 is 1.69 bits per heavy atom. The number of furan rings is 1. The molecule has 0 saturated heterocycles. The monoisotopic (exact) mass is 221 g/mol. The number of rotatable bonds is 4. The Morgan fingerprint density at radius 2 is 2.56 bits per heavy atom. The van der Waals surface area contributed by atoms with Crippen LogP contribution in [0.1, 0.15) is 29.0 Å². The molecule has 0 aliphatic rings. The molecule has 2 heterocycles. The number of nitrogens with zero attached hydrogens (tertiary/aromatic N) is 3. The van der Waals surface area contributed by atoms with Gasteiger partial charge in [-0.3, -0.25) is 4.79 Å². The first-order chi connectivity index (χ1) is 7.77. The lowest BCUT2D eigenvalue weighted by molar-refractivity contribution is 0.0951. The number of hydrogen-bond acceptors (Lipinski definition) is 5. The Bertz CT molecular complexity index is 436. The molecule has 7 heteroatoms. The number of amides is 1. The molecule has 16 heavy (non-hydrogen) atoms. The van der Waals surface area contributed by atoms with Gasteiger partial charge in [0.1, 0.15) is 6.26 Å². The molecule has 0 saturated carbocycles. The molecule has 0 aliphatic heterocycles. The van der Waals surface area contributed by atoms with Crippen molar-refractivity contribution in [1.82, 2.24) is 25.9 Å². The zero-order valence-corrected chi connectivity index (χ0v) is 8.67. The van der Waals surface area contributed by atoms with Crippen LogP contribution in [0.25, 0.3) is 0 Å². The normalized spacial score (nSPS) is 12.3. The fraction of sp³-hybridized carbons (Fsp3) is 0.333. The number of hydrogen-bond donors (Lipinski definition) is 2. The van der Waals surface area contributed by atoms with Gasteiger partial charge >= 0.3 is 0 Å². The van der Waals surface area contributed by atoms with E-state index in [1.54, 1.807) is 6.07 Å². The van der Waals surface area contributed by atoms with Gasteiger partial charge in [-0.05, 0) is 6.07 Å². The van der Waals surface area contributed by atoms with Crippen molar-refractivity contribution in [1.29, 1.82) is 0 Å². The third kappa shape index (κ3) is 2.25. The van der Waals surface area contributed by atoms with Gasteiger partial charge in [-0.25, -0.2) is 0 Å². The van der Waals surface area contributed by atoms with Crippen LogP contribution in [0, 0.1) is 0 Å². The quantitative estimate of drug-likeness (QED) is 0.775. The molecular formula is C9H11N5O2. The highest BCUT2D eigenvalue weighted by Crippen LogP contribution is 2.06. The van der Waals surface area contributed by atoms with E-state index in [0.717, 1.165) is 0 Å². The lowest BCUT2D eigenvalue weighted by Crippen LogP contribution is -2.27. The minimum atomic E-state index is -0.177. The first-order valence-electron chi connectivity index (χ1n) is 4.81. The van der Waals surface area contributed by atoms with Gasteiger partial charge in [0.25, 0.3) is 5.91 Å². The van der Waals surface area contributed by atoms with Crippen LogP contribution < -0.4 is 5.32 Å². The second kappa shape index (κ2) is 4.56. The molecule has 0 spiro atoms. The highest BCUT2D eigenvalue weighted by atomic mass is 16.3. The maximum atomic E-state index is 11.5. The predicted molar refractivity (Wildman–Crippen MR) is 53.6 cm³/mol. The van der Waals surface area contributed by atoms with Crippen molar-refractivity contribution in [2.45, 2.75) is 12.8 Å². The van der Waals surface area contributed by atoms with Crippen LogP contribution in [0.5, 0.6) is 0 Å². The second-order valence-electron chi connectivity index (χ2n) is 3.39. The summed E-state index contributed by atoms with van der Waals surface area (Å²) in [6.07, 6.45) is 2.85. The lowest BCUT2D eigenvalue weighted by atomic mass is 10.1. The number of aromatic amines is 1. The van der Waals surface area contributed by atoms with Gasteiger partial charge in [0, 0.05) is 12.5 Å². The smallest absolute Gasteiger partial charge is 0.254 e. The van der Waals surface area contributed by atoms with Gasteiger partial charge in [0.15, 0.2) is 5.82 Å². The van der Waals surface area contributed by atoms with E-state index in [9.17, 15) is 4.79 Å². The molecule has 2 N–H and O–H groups in total. The van der Waals surface area contributed by atoms with Crippen molar-refractivity contribution >= 4 is 5.91 Å². The summed E-state index contributed by atoms with van der Waals surface area (Å²) in [5.41, 5.74) is 0.500. The van der Waals surface area contributed by atoms with Gasteiger partial charge < -0.3 is 9.73 Å². The van der Waals surface area contributed by atoms with Gasteiger partial charge in [0.2, 0.25) is 0 Å². The summed E-state index contributed by atoms with van der Waals surface area (Å²) in [6, 6.07) is 1.61. The van der Waals surface area contributed by atoms with Crippen LogP contribution in [0.3, 0.4) is 0 Å². The second-order valence-corrected chi connectivity index (χ2v) is 3.39. The Balaban J connectivity index is 1.86. The third-order valence-electron chi connectivity index (χ3n) is 2.15. The predicted octanol–water partition coefficient (Wildman–Crippen LogP) is 0.326. The molecule has 2 aromatic heterocycles. The van der Waals surface area contributed by atoms with E-state index < -0.39 is 0 Å². The first kappa shape index (κ1) is 10.3. The zero-order valence-electron chi connectivity index (χ0n) is 8.67. The van der Waals surface area contributed by atoms with E-state index in [2.05, 4.69) is 25.9 Å². The summed E-state index contributed by atoms with van der Waals surface area (Å²) >= 11 is 0. The molecule has 1 amide bonds. The van der Waals surface area contributed by atoms with Crippen LogP contribution >= 0.6 is 0 Å². The van der Waals surface area contributed by atoms with Crippen LogP contribution in [0.4, 0.5) is 0 Å². The van der Waals surface area contributed by atoms with E-state index in [4.69, 9.17) is 4.42 Å². The van der Waals surface area contributed by atoms with E-state index in [-0.39, 0.29) is 11.8 Å². The van der Waals surface area contributed by atoms with Crippen LogP contribution in [0.2, 0.25) is 0 Å². The summed E-state index contributed by atoms with van der Waals surface area (Å²) < 4.78 is 4.81. The van der Waals surface area contributed by atoms with Crippen molar-refractivity contribution in [2.24, 2.45) is 0 Å². The highest BCUT2D eigenvalue weighted by Gasteiger charge is 2.13. The molecule has 7 nitrogen and oxygen atoms in total. The van der Waals surface area contributed by atoms with Gasteiger partial charge in [0.05, 0.1) is 11.8 Å². The van der Waals surface area contributed by atoms with Gasteiger partial charge in [-0.2, -0.15) is 5.21 Å². The Hall–Kier alpha value is -2.18. The Labute approximate surface area is 91.2 Å². The fourth-order valence-electron chi connectivity index (χ4n) is 1.21. The van der Waals surface area contributed by atoms with E-state index >= 15 is 0 Å². The summed E-state index contributed by atoms with van der Waals surface area (Å²) in [5.74, 6) is 0.409. The molecule has 0 aliphatic carbocycles. The van der Waals surface area contributed by atoms with E-state index in [1.807, 2.05) is 6.92 Å². The van der Waals surface area contributed by atoms with Crippen molar-refractivity contribution in [2.75, 3.05) is 6.54 Å². The molecule has 0 aromatic carbocycles. The average molecular weight is 221 g/mol. The van der Waals surface area contributed by atoms with Crippen molar-refractivity contribution in [3.63, 3.8) is 0 Å². The summed E-state index contributed by atoms with van der Waals surface area (Å²) in [7, 11) is 0. The van der Waals surface area contributed by atoms with E-state index in [1.165, 1.54) is 12.5 Å². The van der Waals surface area contributed by atoms with Crippen LogP contribution in [0.15, 0.2) is 23.0 Å². The van der Waals surface area contributed by atoms with E-state index in [0.29, 0.717) is 17.9 Å². The minimum Gasteiger partial charge on any atom is -0.472 e. The Kier molecular flexibility index (Phi) is 2.95. The molecule has 0 radical (unpaired) electrons. The number of nitrogens with one attached hydrogen (secondary N) is 2.